The first-order chi connectivity index (χ1) is 11.5. The van der Waals surface area contributed by atoms with Crippen LogP contribution < -0.4 is 14.3 Å². The third kappa shape index (κ3) is 2.97. The summed E-state index contributed by atoms with van der Waals surface area (Å²) < 4.78 is 14.2. The van der Waals surface area contributed by atoms with Crippen molar-refractivity contribution in [1.82, 2.24) is 4.57 Å². The van der Waals surface area contributed by atoms with E-state index < -0.39 is 0 Å². The summed E-state index contributed by atoms with van der Waals surface area (Å²) in [5.74, 6) is 1.00. The molecular weight excluding hydrogens is 392 g/mol. The van der Waals surface area contributed by atoms with Crippen LogP contribution in [0.5, 0.6) is 11.5 Å². The summed E-state index contributed by atoms with van der Waals surface area (Å²) in [5.41, 5.74) is 1.46. The minimum absolute atomic E-state index is 0.288. The maximum atomic E-state index is 12.5. The van der Waals surface area contributed by atoms with Crippen LogP contribution in [0.1, 0.15) is 10.4 Å². The molecule has 0 spiro atoms. The van der Waals surface area contributed by atoms with Crippen molar-refractivity contribution in [2.24, 2.45) is 12.0 Å². The topological polar surface area (TPSA) is 52.8 Å². The molecule has 0 saturated carbocycles. The third-order valence-electron chi connectivity index (χ3n) is 3.62. The van der Waals surface area contributed by atoms with E-state index in [4.69, 9.17) is 9.47 Å². The van der Waals surface area contributed by atoms with Gasteiger partial charge in [0.25, 0.3) is 5.91 Å². The van der Waals surface area contributed by atoms with Gasteiger partial charge in [-0.1, -0.05) is 23.5 Å². The first-order valence-corrected chi connectivity index (χ1v) is 8.71. The number of hydrogen-bond acceptors (Lipinski definition) is 4. The number of aromatic nitrogens is 1. The monoisotopic (exact) mass is 406 g/mol. The van der Waals surface area contributed by atoms with Crippen LogP contribution in [0.3, 0.4) is 0 Å². The second-order valence-electron chi connectivity index (χ2n) is 5.02. The number of amides is 1. The molecule has 0 bridgehead atoms. The van der Waals surface area contributed by atoms with Crippen LogP contribution in [0, 0.1) is 0 Å². The lowest BCUT2D eigenvalue weighted by Crippen LogP contribution is -2.13. The molecule has 24 heavy (non-hydrogen) atoms. The molecule has 0 saturated heterocycles. The Morgan fingerprint density at radius 1 is 1.17 bits per heavy atom. The van der Waals surface area contributed by atoms with Crippen molar-refractivity contribution >= 4 is 43.4 Å². The predicted octanol–water partition coefficient (Wildman–Crippen LogP) is 3.76. The van der Waals surface area contributed by atoms with Crippen molar-refractivity contribution in [1.29, 1.82) is 0 Å². The lowest BCUT2D eigenvalue weighted by atomic mass is 10.2. The Kier molecular flexibility index (Phi) is 4.73. The molecule has 1 amide bonds. The summed E-state index contributed by atoms with van der Waals surface area (Å²) in [6.45, 7) is 0. The minimum atomic E-state index is -0.288. The maximum absolute atomic E-state index is 12.5. The van der Waals surface area contributed by atoms with E-state index >= 15 is 0 Å². The van der Waals surface area contributed by atoms with Gasteiger partial charge in [-0.15, -0.1) is 0 Å². The largest absolute Gasteiger partial charge is 0.493 e. The molecule has 2 aromatic carbocycles. The molecule has 0 N–H and O–H groups in total. The van der Waals surface area contributed by atoms with Crippen LogP contribution in [0.25, 0.3) is 10.2 Å². The van der Waals surface area contributed by atoms with E-state index in [0.29, 0.717) is 21.9 Å². The molecule has 0 unspecified atom stereocenters. The Morgan fingerprint density at radius 3 is 2.50 bits per heavy atom. The van der Waals surface area contributed by atoms with Crippen LogP contribution in [-0.4, -0.2) is 24.7 Å². The molecule has 0 fully saturated rings. The van der Waals surface area contributed by atoms with Gasteiger partial charge in [0.15, 0.2) is 16.3 Å². The molecule has 0 aliphatic heterocycles. The highest BCUT2D eigenvalue weighted by molar-refractivity contribution is 9.10. The highest BCUT2D eigenvalue weighted by atomic mass is 79.9. The van der Waals surface area contributed by atoms with Gasteiger partial charge in [-0.3, -0.25) is 4.79 Å². The zero-order chi connectivity index (χ0) is 17.3. The first kappa shape index (κ1) is 16.7. The number of nitrogens with zero attached hydrogens (tertiary/aromatic N) is 2. The van der Waals surface area contributed by atoms with E-state index in [9.17, 15) is 4.79 Å². The number of ether oxygens (including phenoxy) is 2. The lowest BCUT2D eigenvalue weighted by molar-refractivity contribution is 0.0997. The zero-order valence-corrected chi connectivity index (χ0v) is 15.8. The van der Waals surface area contributed by atoms with Gasteiger partial charge in [0.1, 0.15) is 0 Å². The molecule has 1 aromatic heterocycles. The first-order valence-electron chi connectivity index (χ1n) is 7.10. The van der Waals surface area contributed by atoms with Gasteiger partial charge in [0.05, 0.1) is 30.0 Å². The third-order valence-corrected chi connectivity index (χ3v) is 5.40. The van der Waals surface area contributed by atoms with Gasteiger partial charge in [-0.2, -0.15) is 4.99 Å². The Labute approximate surface area is 151 Å². The molecule has 124 valence electrons. The van der Waals surface area contributed by atoms with Gasteiger partial charge < -0.3 is 14.0 Å². The molecule has 0 aliphatic rings. The summed E-state index contributed by atoms with van der Waals surface area (Å²) in [6.07, 6.45) is 0. The zero-order valence-electron chi connectivity index (χ0n) is 13.4. The van der Waals surface area contributed by atoms with Crippen molar-refractivity contribution in [3.05, 3.63) is 51.2 Å². The number of benzene rings is 2. The Balaban J connectivity index is 2.15. The predicted molar refractivity (Wildman–Crippen MR) is 97.9 cm³/mol. The van der Waals surface area contributed by atoms with E-state index in [2.05, 4.69) is 20.9 Å². The van der Waals surface area contributed by atoms with E-state index in [1.807, 2.05) is 41.9 Å². The van der Waals surface area contributed by atoms with Crippen molar-refractivity contribution in [2.45, 2.75) is 0 Å². The average molecular weight is 407 g/mol. The van der Waals surface area contributed by atoms with Gasteiger partial charge >= 0.3 is 0 Å². The lowest BCUT2D eigenvalue weighted by Gasteiger charge is -2.07. The molecule has 0 radical (unpaired) electrons. The minimum Gasteiger partial charge on any atom is -0.493 e. The van der Waals surface area contributed by atoms with Crippen molar-refractivity contribution in [3.8, 4) is 11.5 Å². The number of rotatable bonds is 3. The molecule has 7 heteroatoms. The Hall–Kier alpha value is -2.12. The fourth-order valence-corrected chi connectivity index (χ4v) is 3.82. The summed E-state index contributed by atoms with van der Waals surface area (Å²) in [7, 11) is 5.06. The van der Waals surface area contributed by atoms with Crippen LogP contribution in [0.15, 0.2) is 45.9 Å². The number of methoxy groups -OCH3 is 2. The Bertz CT molecular complexity index is 991. The standard InChI is InChI=1S/C17H15BrN2O3S/c1-20-12-8-13(22-2)14(23-3)9-15(12)24-17(20)19-16(21)10-6-4-5-7-11(10)18/h4-9H,1-3H3. The van der Waals surface area contributed by atoms with E-state index in [-0.39, 0.29) is 5.91 Å². The molecule has 3 aromatic rings. The van der Waals surface area contributed by atoms with Crippen LogP contribution in [0.4, 0.5) is 0 Å². The molecule has 3 rings (SSSR count). The highest BCUT2D eigenvalue weighted by Gasteiger charge is 2.12. The number of carbonyl (C=O) groups excluding carboxylic acids is 1. The second kappa shape index (κ2) is 6.78. The highest BCUT2D eigenvalue weighted by Crippen LogP contribution is 2.33. The summed E-state index contributed by atoms with van der Waals surface area (Å²) in [5, 5.41) is 0. The van der Waals surface area contributed by atoms with Crippen LogP contribution in [0.2, 0.25) is 0 Å². The quantitative estimate of drug-likeness (QED) is 0.665. The van der Waals surface area contributed by atoms with Crippen molar-refractivity contribution in [3.63, 3.8) is 0 Å². The van der Waals surface area contributed by atoms with E-state index in [1.165, 1.54) is 11.3 Å². The number of aryl methyl sites for hydroxylation is 1. The number of carbonyl (C=O) groups is 1. The van der Waals surface area contributed by atoms with Gasteiger partial charge in [-0.05, 0) is 28.1 Å². The van der Waals surface area contributed by atoms with Gasteiger partial charge in [0, 0.05) is 23.7 Å². The molecule has 1 heterocycles. The Morgan fingerprint density at radius 2 is 1.83 bits per heavy atom. The van der Waals surface area contributed by atoms with Crippen LogP contribution >= 0.6 is 27.3 Å². The normalized spacial score (nSPS) is 11.8. The fourth-order valence-electron chi connectivity index (χ4n) is 2.34. The van der Waals surface area contributed by atoms with Crippen molar-refractivity contribution in [2.75, 3.05) is 14.2 Å². The van der Waals surface area contributed by atoms with E-state index in [1.54, 1.807) is 20.3 Å². The van der Waals surface area contributed by atoms with E-state index in [0.717, 1.165) is 14.7 Å². The van der Waals surface area contributed by atoms with Crippen molar-refractivity contribution < 1.29 is 14.3 Å². The number of fused-ring (bicyclic) bond motifs is 1. The molecular formula is C17H15BrN2O3S. The number of halogens is 1. The van der Waals surface area contributed by atoms with Gasteiger partial charge in [-0.25, -0.2) is 0 Å². The summed E-state index contributed by atoms with van der Waals surface area (Å²) in [4.78, 5) is 17.3. The number of hydrogen-bond donors (Lipinski definition) is 0. The van der Waals surface area contributed by atoms with Crippen LogP contribution in [-0.2, 0) is 7.05 Å². The fraction of sp³-hybridized carbons (Fsp3) is 0.176. The summed E-state index contributed by atoms with van der Waals surface area (Å²) in [6, 6.07) is 11.0. The molecule has 5 nitrogen and oxygen atoms in total. The van der Waals surface area contributed by atoms with Gasteiger partial charge in [0.2, 0.25) is 0 Å². The molecule has 0 atom stereocenters. The second-order valence-corrected chi connectivity index (χ2v) is 6.88. The molecule has 0 aliphatic carbocycles. The average Bonchev–Trinajstić information content (AvgIpc) is 2.89. The number of thiazole rings is 1. The summed E-state index contributed by atoms with van der Waals surface area (Å²) >= 11 is 4.81. The smallest absolute Gasteiger partial charge is 0.280 e. The SMILES string of the molecule is COc1cc2sc(=NC(=O)c3ccccc3Br)n(C)c2cc1OC. The maximum Gasteiger partial charge on any atom is 0.280 e.